The molecule has 1 aliphatic rings. The summed E-state index contributed by atoms with van der Waals surface area (Å²) in [6.07, 6.45) is 5.34. The van der Waals surface area contributed by atoms with E-state index >= 15 is 0 Å². The highest BCUT2D eigenvalue weighted by atomic mass is 32.2. The molecule has 1 aromatic carbocycles. The number of aromatic nitrogens is 4. The predicted octanol–water partition coefficient (Wildman–Crippen LogP) is 7.90. The van der Waals surface area contributed by atoms with Gasteiger partial charge in [0.2, 0.25) is 0 Å². The Morgan fingerprint density at radius 2 is 1.76 bits per heavy atom. The molecule has 0 spiro atoms. The second-order valence-corrected chi connectivity index (χ2v) is 20.8. The predicted molar refractivity (Wildman–Crippen MR) is 175 cm³/mol. The molecule has 42 heavy (non-hydrogen) atoms. The molecule has 9 heteroatoms. The second kappa shape index (κ2) is 11.8. The summed E-state index contributed by atoms with van der Waals surface area (Å²) in [5.41, 5.74) is 4.71. The smallest absolute Gasteiger partial charge is 0.192 e. The van der Waals surface area contributed by atoms with E-state index in [1.165, 1.54) is 6.42 Å². The van der Waals surface area contributed by atoms with Crippen LogP contribution in [-0.4, -0.2) is 37.4 Å². The van der Waals surface area contributed by atoms with Crippen molar-refractivity contribution in [2.45, 2.75) is 96.3 Å². The van der Waals surface area contributed by atoms with Crippen LogP contribution in [0, 0.1) is 5.92 Å². The van der Waals surface area contributed by atoms with Crippen LogP contribution in [0.3, 0.4) is 0 Å². The van der Waals surface area contributed by atoms with Crippen molar-refractivity contribution in [1.82, 2.24) is 24.5 Å². The molecular formula is C33H45N5O2SSi. The molecule has 5 rings (SSSR count). The van der Waals surface area contributed by atoms with Gasteiger partial charge in [0.25, 0.3) is 0 Å². The van der Waals surface area contributed by atoms with Crippen LogP contribution in [0.5, 0.6) is 0 Å². The van der Waals surface area contributed by atoms with Crippen LogP contribution >= 0.6 is 0 Å². The topological polar surface area (TPSA) is 87.9 Å². The van der Waals surface area contributed by atoms with Crippen molar-refractivity contribution < 1.29 is 8.98 Å². The van der Waals surface area contributed by atoms with E-state index in [9.17, 15) is 4.55 Å². The van der Waals surface area contributed by atoms with Crippen LogP contribution in [0.2, 0.25) is 18.1 Å². The number of hydrogen-bond acceptors (Lipinski definition) is 6. The van der Waals surface area contributed by atoms with Gasteiger partial charge in [-0.05, 0) is 88.0 Å². The highest BCUT2D eigenvalue weighted by Gasteiger charge is 2.38. The van der Waals surface area contributed by atoms with Crippen LogP contribution in [0.15, 0.2) is 60.8 Å². The standard InChI is InChI=1S/C33H45N5O2SSi/c1-32(2,3)41(39)37-31(23-12-9-13-23)28-16-11-15-27(36-28)24-18-19-25-21-34-38(29(25)20-24)30-17-10-14-26(35-30)22-40-42(7,8)33(4,5)6/h10-11,14-21,23,31,37H,9,12-13,22H2,1-8H3/t31-,41?/m0/s1. The van der Waals surface area contributed by atoms with E-state index < -0.39 is 19.7 Å². The number of hydrogen-bond donors (Lipinski definition) is 1. The molecule has 4 aromatic rings. The van der Waals surface area contributed by atoms with E-state index in [0.717, 1.165) is 52.2 Å². The highest BCUT2D eigenvalue weighted by molar-refractivity contribution is 7.90. The number of fused-ring (bicyclic) bond motifs is 1. The molecule has 2 atom stereocenters. The minimum atomic E-state index is -1.89. The van der Waals surface area contributed by atoms with Crippen LogP contribution in [0.25, 0.3) is 28.0 Å². The van der Waals surface area contributed by atoms with E-state index in [1.54, 1.807) is 0 Å². The molecule has 0 bridgehead atoms. The lowest BCUT2D eigenvalue weighted by molar-refractivity contribution is 0.247. The van der Waals surface area contributed by atoms with Crippen LogP contribution in [-0.2, 0) is 22.4 Å². The van der Waals surface area contributed by atoms with Gasteiger partial charge in [-0.1, -0.05) is 51.5 Å². The maximum atomic E-state index is 13.0. The van der Waals surface area contributed by atoms with E-state index in [0.29, 0.717) is 12.5 Å². The average Bonchev–Trinajstić information content (AvgIpc) is 3.33. The summed E-state index contributed by atoms with van der Waals surface area (Å²) < 4.78 is 24.5. The molecule has 3 aromatic heterocycles. The van der Waals surface area contributed by atoms with Crippen molar-refractivity contribution in [2.75, 3.05) is 0 Å². The molecule has 1 saturated carbocycles. The Morgan fingerprint density at radius 3 is 2.43 bits per heavy atom. The Bertz CT molecular complexity index is 1540. The summed E-state index contributed by atoms with van der Waals surface area (Å²) in [5, 5.41) is 5.87. The van der Waals surface area contributed by atoms with Crippen molar-refractivity contribution in [3.63, 3.8) is 0 Å². The fraction of sp³-hybridized carbons (Fsp3) is 0.485. The van der Waals surface area contributed by atoms with Crippen molar-refractivity contribution in [1.29, 1.82) is 0 Å². The first-order chi connectivity index (χ1) is 19.7. The summed E-state index contributed by atoms with van der Waals surface area (Å²) in [5.74, 6) is 1.21. The van der Waals surface area contributed by atoms with Gasteiger partial charge in [-0.3, -0.25) is 4.98 Å². The molecule has 1 aliphatic carbocycles. The third kappa shape index (κ3) is 6.65. The fourth-order valence-corrected chi connectivity index (χ4v) is 6.58. The molecule has 0 amide bonds. The van der Waals surface area contributed by atoms with Crippen LogP contribution < -0.4 is 4.72 Å². The molecule has 0 radical (unpaired) electrons. The number of pyridine rings is 2. The monoisotopic (exact) mass is 603 g/mol. The first kappa shape index (κ1) is 30.9. The van der Waals surface area contributed by atoms with Gasteiger partial charge in [-0.15, -0.1) is 4.72 Å². The Kier molecular flexibility index (Phi) is 8.71. The second-order valence-electron chi connectivity index (χ2n) is 14.0. The van der Waals surface area contributed by atoms with E-state index in [2.05, 4.69) is 68.9 Å². The molecule has 0 aliphatic heterocycles. The molecule has 1 N–H and O–H groups in total. The third-order valence-corrected chi connectivity index (χ3v) is 14.8. The van der Waals surface area contributed by atoms with Gasteiger partial charge < -0.3 is 8.98 Å². The number of nitrogens with zero attached hydrogens (tertiary/aromatic N) is 4. The SMILES string of the molecule is CC(C)(C)[S+]([O-])N[C@H](c1cccc(-c2ccc3cnn(-c4cccc(CO[Si](C)(C)C(C)(C)C)n4)c3c2)n1)C1CCC1. The number of nitrogens with one attached hydrogen (secondary N) is 1. The van der Waals surface area contributed by atoms with Gasteiger partial charge in [-0.25, -0.2) is 9.67 Å². The number of benzene rings is 1. The molecule has 0 saturated heterocycles. The third-order valence-electron chi connectivity index (χ3n) is 8.76. The van der Waals surface area contributed by atoms with Crippen molar-refractivity contribution in [2.24, 2.45) is 5.92 Å². The Balaban J connectivity index is 1.43. The zero-order valence-electron chi connectivity index (χ0n) is 26.3. The normalized spacial score (nSPS) is 16.4. The fourth-order valence-electron chi connectivity index (χ4n) is 4.75. The van der Waals surface area contributed by atoms with Crippen molar-refractivity contribution in [3.8, 4) is 17.1 Å². The van der Waals surface area contributed by atoms with Crippen LogP contribution in [0.1, 0.15) is 78.2 Å². The zero-order valence-corrected chi connectivity index (χ0v) is 28.1. The lowest BCUT2D eigenvalue weighted by Gasteiger charge is -2.36. The summed E-state index contributed by atoms with van der Waals surface area (Å²) >= 11 is -1.17. The maximum Gasteiger partial charge on any atom is 0.192 e. The van der Waals surface area contributed by atoms with Gasteiger partial charge in [0.1, 0.15) is 4.75 Å². The van der Waals surface area contributed by atoms with E-state index in [-0.39, 0.29) is 15.8 Å². The highest BCUT2D eigenvalue weighted by Crippen LogP contribution is 2.39. The first-order valence-electron chi connectivity index (χ1n) is 15.0. The largest absolute Gasteiger partial charge is 0.598 e. The van der Waals surface area contributed by atoms with Gasteiger partial charge in [-0.2, -0.15) is 5.10 Å². The zero-order chi connectivity index (χ0) is 30.3. The maximum absolute atomic E-state index is 13.0. The Hall–Kier alpha value is -2.56. The minimum Gasteiger partial charge on any atom is -0.598 e. The van der Waals surface area contributed by atoms with Gasteiger partial charge in [0.05, 0.1) is 41.4 Å². The minimum absolute atomic E-state index is 0.0338. The first-order valence-corrected chi connectivity index (χ1v) is 19.0. The van der Waals surface area contributed by atoms with Gasteiger partial charge in [0.15, 0.2) is 14.1 Å². The summed E-state index contributed by atoms with van der Waals surface area (Å²) in [6.45, 7) is 17.8. The van der Waals surface area contributed by atoms with Gasteiger partial charge >= 0.3 is 0 Å². The van der Waals surface area contributed by atoms with Crippen molar-refractivity contribution in [3.05, 3.63) is 72.2 Å². The molecule has 1 unspecified atom stereocenters. The van der Waals surface area contributed by atoms with Crippen molar-refractivity contribution >= 4 is 30.6 Å². The lowest BCUT2D eigenvalue weighted by atomic mass is 9.79. The molecule has 7 nitrogen and oxygen atoms in total. The quantitative estimate of drug-likeness (QED) is 0.155. The molecule has 224 valence electrons. The van der Waals surface area contributed by atoms with Gasteiger partial charge in [0, 0.05) is 22.3 Å². The Morgan fingerprint density at radius 1 is 1.02 bits per heavy atom. The average molecular weight is 604 g/mol. The van der Waals surface area contributed by atoms with Crippen LogP contribution in [0.4, 0.5) is 0 Å². The lowest BCUT2D eigenvalue weighted by Crippen LogP contribution is -2.44. The summed E-state index contributed by atoms with van der Waals surface area (Å²) in [6, 6.07) is 18.5. The Labute approximate surface area is 255 Å². The molecular weight excluding hydrogens is 559 g/mol. The van der Waals surface area contributed by atoms with E-state index in [4.69, 9.17) is 19.5 Å². The molecule has 3 heterocycles. The summed E-state index contributed by atoms with van der Waals surface area (Å²) in [4.78, 5) is 10.0. The molecule has 1 fully saturated rings. The number of rotatable bonds is 9. The summed E-state index contributed by atoms with van der Waals surface area (Å²) in [7, 11) is -1.89. The van der Waals surface area contributed by atoms with E-state index in [1.807, 2.05) is 55.9 Å².